The molecule has 1 aliphatic heterocycles. The highest BCUT2D eigenvalue weighted by atomic mass is 32.1. The number of thiocarbonyl (C=S) groups is 1. The Balaban J connectivity index is 1.78. The summed E-state index contributed by atoms with van der Waals surface area (Å²) in [4.78, 5) is 2.78. The zero-order valence-corrected chi connectivity index (χ0v) is 12.7. The number of methoxy groups -OCH3 is 1. The van der Waals surface area contributed by atoms with E-state index in [-0.39, 0.29) is 0 Å². The van der Waals surface area contributed by atoms with Crippen LogP contribution >= 0.6 is 12.2 Å². The van der Waals surface area contributed by atoms with Gasteiger partial charge < -0.3 is 15.2 Å². The summed E-state index contributed by atoms with van der Waals surface area (Å²) in [6.07, 6.45) is 2.71. The first-order valence-electron chi connectivity index (χ1n) is 6.97. The third-order valence-corrected chi connectivity index (χ3v) is 3.83. The number of benzene rings is 1. The van der Waals surface area contributed by atoms with Crippen molar-refractivity contribution in [2.75, 3.05) is 33.4 Å². The summed E-state index contributed by atoms with van der Waals surface area (Å²) in [6, 6.07) is 7.61. The SMILES string of the molecule is COC1CCCN(CCOc2cccc(C(N)=S)c2)C1. The van der Waals surface area contributed by atoms with E-state index in [1.165, 1.54) is 6.42 Å². The van der Waals surface area contributed by atoms with Gasteiger partial charge in [-0.15, -0.1) is 0 Å². The number of hydrogen-bond donors (Lipinski definition) is 1. The van der Waals surface area contributed by atoms with Gasteiger partial charge in [0.1, 0.15) is 17.3 Å². The van der Waals surface area contributed by atoms with Gasteiger partial charge in [0.15, 0.2) is 0 Å². The normalized spacial score (nSPS) is 19.8. The van der Waals surface area contributed by atoms with Gasteiger partial charge in [0.25, 0.3) is 0 Å². The van der Waals surface area contributed by atoms with Gasteiger partial charge in [-0.2, -0.15) is 0 Å². The predicted octanol–water partition coefficient (Wildman–Crippen LogP) is 1.81. The third-order valence-electron chi connectivity index (χ3n) is 3.59. The molecule has 5 heteroatoms. The van der Waals surface area contributed by atoms with Crippen molar-refractivity contribution in [1.82, 2.24) is 4.90 Å². The summed E-state index contributed by atoms with van der Waals surface area (Å²) in [5, 5.41) is 0. The number of likely N-dealkylation sites (tertiary alicyclic amines) is 1. The van der Waals surface area contributed by atoms with Crippen LogP contribution in [0.15, 0.2) is 24.3 Å². The predicted molar refractivity (Wildman–Crippen MR) is 84.3 cm³/mol. The van der Waals surface area contributed by atoms with Crippen molar-refractivity contribution in [3.63, 3.8) is 0 Å². The first-order chi connectivity index (χ1) is 9.69. The van der Waals surface area contributed by atoms with Gasteiger partial charge in [-0.1, -0.05) is 24.4 Å². The molecule has 1 fully saturated rings. The molecule has 1 unspecified atom stereocenters. The molecule has 0 aromatic heterocycles. The maximum atomic E-state index is 5.77. The molecule has 2 rings (SSSR count). The first-order valence-corrected chi connectivity index (χ1v) is 7.37. The average Bonchev–Trinajstić information content (AvgIpc) is 2.48. The van der Waals surface area contributed by atoms with Gasteiger partial charge in [0.05, 0.1) is 6.10 Å². The summed E-state index contributed by atoms with van der Waals surface area (Å²) < 4.78 is 11.2. The lowest BCUT2D eigenvalue weighted by molar-refractivity contribution is 0.0272. The highest BCUT2D eigenvalue weighted by Crippen LogP contribution is 2.15. The van der Waals surface area contributed by atoms with Crippen LogP contribution in [0.25, 0.3) is 0 Å². The molecular formula is C15H22N2O2S. The van der Waals surface area contributed by atoms with Crippen LogP contribution in [0.2, 0.25) is 0 Å². The van der Waals surface area contributed by atoms with Gasteiger partial charge in [-0.05, 0) is 31.5 Å². The second-order valence-electron chi connectivity index (χ2n) is 5.04. The van der Waals surface area contributed by atoms with E-state index in [0.29, 0.717) is 17.7 Å². The van der Waals surface area contributed by atoms with Crippen LogP contribution in [0.4, 0.5) is 0 Å². The molecule has 1 aromatic carbocycles. The molecule has 1 aromatic rings. The second kappa shape index (κ2) is 7.57. The van der Waals surface area contributed by atoms with Crippen LogP contribution < -0.4 is 10.5 Å². The highest BCUT2D eigenvalue weighted by molar-refractivity contribution is 7.80. The monoisotopic (exact) mass is 294 g/mol. The maximum absolute atomic E-state index is 5.77. The number of nitrogens with zero attached hydrogens (tertiary/aromatic N) is 1. The summed E-state index contributed by atoms with van der Waals surface area (Å²) in [6.45, 7) is 3.69. The molecular weight excluding hydrogens is 272 g/mol. The number of hydrogen-bond acceptors (Lipinski definition) is 4. The lowest BCUT2D eigenvalue weighted by Gasteiger charge is -2.31. The van der Waals surface area contributed by atoms with Crippen LogP contribution in [-0.4, -0.2) is 49.3 Å². The molecule has 1 saturated heterocycles. The minimum absolute atomic E-state index is 0.363. The van der Waals surface area contributed by atoms with E-state index in [2.05, 4.69) is 4.90 Å². The number of nitrogens with two attached hydrogens (primary N) is 1. The minimum Gasteiger partial charge on any atom is -0.492 e. The maximum Gasteiger partial charge on any atom is 0.120 e. The fraction of sp³-hybridized carbons (Fsp3) is 0.533. The van der Waals surface area contributed by atoms with Crippen LogP contribution in [0.3, 0.4) is 0 Å². The lowest BCUT2D eigenvalue weighted by atomic mass is 10.1. The fourth-order valence-electron chi connectivity index (χ4n) is 2.44. The van der Waals surface area contributed by atoms with E-state index >= 15 is 0 Å². The first kappa shape index (κ1) is 15.2. The van der Waals surface area contributed by atoms with Crippen molar-refractivity contribution in [3.8, 4) is 5.75 Å². The fourth-order valence-corrected chi connectivity index (χ4v) is 2.57. The zero-order chi connectivity index (χ0) is 14.4. The van der Waals surface area contributed by atoms with E-state index < -0.39 is 0 Å². The molecule has 0 amide bonds. The molecule has 20 heavy (non-hydrogen) atoms. The Morgan fingerprint density at radius 3 is 3.10 bits per heavy atom. The standard InChI is InChI=1S/C15H22N2O2S/c1-18-14-6-3-7-17(11-14)8-9-19-13-5-2-4-12(10-13)15(16)20/h2,4-5,10,14H,3,6-9,11H2,1H3,(H2,16,20). The lowest BCUT2D eigenvalue weighted by Crippen LogP contribution is -2.41. The molecule has 1 atom stereocenters. The van der Waals surface area contributed by atoms with Gasteiger partial charge >= 0.3 is 0 Å². The van der Waals surface area contributed by atoms with Crippen molar-refractivity contribution in [2.24, 2.45) is 5.73 Å². The molecule has 1 heterocycles. The van der Waals surface area contributed by atoms with Gasteiger partial charge in [0, 0.05) is 25.8 Å². The van der Waals surface area contributed by atoms with Crippen molar-refractivity contribution < 1.29 is 9.47 Å². The minimum atomic E-state index is 0.363. The number of piperidine rings is 1. The van der Waals surface area contributed by atoms with E-state index in [1.54, 1.807) is 7.11 Å². The Hall–Kier alpha value is -1.17. The van der Waals surface area contributed by atoms with Gasteiger partial charge in [-0.3, -0.25) is 4.90 Å². The Morgan fingerprint density at radius 2 is 2.35 bits per heavy atom. The molecule has 0 spiro atoms. The summed E-state index contributed by atoms with van der Waals surface area (Å²) >= 11 is 4.96. The van der Waals surface area contributed by atoms with Crippen molar-refractivity contribution in [2.45, 2.75) is 18.9 Å². The number of ether oxygens (including phenoxy) is 2. The third kappa shape index (κ3) is 4.44. The summed E-state index contributed by atoms with van der Waals surface area (Å²) in [7, 11) is 1.78. The Bertz CT molecular complexity index is 453. The quantitative estimate of drug-likeness (QED) is 0.811. The van der Waals surface area contributed by atoms with Crippen LogP contribution in [0.5, 0.6) is 5.75 Å². The van der Waals surface area contributed by atoms with E-state index in [0.717, 1.165) is 37.4 Å². The van der Waals surface area contributed by atoms with Crippen LogP contribution in [0.1, 0.15) is 18.4 Å². The summed E-state index contributed by atoms with van der Waals surface area (Å²) in [5.74, 6) is 0.815. The topological polar surface area (TPSA) is 47.7 Å². The van der Waals surface area contributed by atoms with E-state index in [4.69, 9.17) is 27.4 Å². The van der Waals surface area contributed by atoms with Crippen molar-refractivity contribution in [3.05, 3.63) is 29.8 Å². The molecule has 110 valence electrons. The average molecular weight is 294 g/mol. The number of rotatable bonds is 6. The Morgan fingerprint density at radius 1 is 1.50 bits per heavy atom. The largest absolute Gasteiger partial charge is 0.492 e. The smallest absolute Gasteiger partial charge is 0.120 e. The molecule has 0 aliphatic carbocycles. The molecule has 2 N–H and O–H groups in total. The van der Waals surface area contributed by atoms with Gasteiger partial charge in [0.2, 0.25) is 0 Å². The Labute approximate surface area is 125 Å². The molecule has 1 aliphatic rings. The van der Waals surface area contributed by atoms with E-state index in [9.17, 15) is 0 Å². The molecule has 0 radical (unpaired) electrons. The van der Waals surface area contributed by atoms with Gasteiger partial charge in [-0.25, -0.2) is 0 Å². The Kier molecular flexibility index (Phi) is 5.76. The summed E-state index contributed by atoms with van der Waals surface area (Å²) in [5.41, 5.74) is 6.46. The van der Waals surface area contributed by atoms with Crippen LogP contribution in [0, 0.1) is 0 Å². The van der Waals surface area contributed by atoms with Crippen LogP contribution in [-0.2, 0) is 4.74 Å². The van der Waals surface area contributed by atoms with Crippen molar-refractivity contribution >= 4 is 17.2 Å². The van der Waals surface area contributed by atoms with Crippen molar-refractivity contribution in [1.29, 1.82) is 0 Å². The molecule has 0 saturated carbocycles. The zero-order valence-electron chi connectivity index (χ0n) is 11.9. The second-order valence-corrected chi connectivity index (χ2v) is 5.48. The molecule has 4 nitrogen and oxygen atoms in total. The highest BCUT2D eigenvalue weighted by Gasteiger charge is 2.18. The molecule has 0 bridgehead atoms. The van der Waals surface area contributed by atoms with E-state index in [1.807, 2.05) is 24.3 Å².